The van der Waals surface area contributed by atoms with Crippen molar-refractivity contribution in [2.24, 2.45) is 0 Å². The van der Waals surface area contributed by atoms with Gasteiger partial charge in [0, 0.05) is 12.8 Å². The average molecular weight is 809 g/mol. The zero-order valence-corrected chi connectivity index (χ0v) is 37.2. The summed E-state index contributed by atoms with van der Waals surface area (Å²) >= 11 is 0. The number of quaternary nitrogens is 1. The Hall–Kier alpha value is -2.29. The molecule has 0 aromatic heterocycles. The molecule has 9 nitrogen and oxygen atoms in total. The third kappa shape index (κ3) is 41.3. The van der Waals surface area contributed by atoms with Crippen LogP contribution in [0.5, 0.6) is 0 Å². The first-order valence-electron chi connectivity index (χ1n) is 22.0. The van der Waals surface area contributed by atoms with Crippen LogP contribution in [0.1, 0.15) is 168 Å². The van der Waals surface area contributed by atoms with Crippen molar-refractivity contribution in [2.45, 2.75) is 174 Å². The highest BCUT2D eigenvalue weighted by molar-refractivity contribution is 7.47. The number of rotatable bonds is 39. The van der Waals surface area contributed by atoms with Gasteiger partial charge in [-0.1, -0.05) is 132 Å². The number of nitrogens with zero attached hydrogens (tertiary/aromatic N) is 1. The quantitative estimate of drug-likeness (QED) is 0.0215. The van der Waals surface area contributed by atoms with E-state index in [-0.39, 0.29) is 26.1 Å². The molecule has 0 aliphatic heterocycles. The minimum absolute atomic E-state index is 0.0212. The monoisotopic (exact) mass is 809 g/mol. The first kappa shape index (κ1) is 53.7. The van der Waals surface area contributed by atoms with Gasteiger partial charge in [0.05, 0.1) is 27.7 Å². The summed E-state index contributed by atoms with van der Waals surface area (Å²) in [5, 5.41) is 0. The Labute approximate surface area is 343 Å². The number of unbranched alkanes of at least 4 members (excludes halogenated alkanes) is 15. The normalized spacial score (nSPS) is 14.2. The van der Waals surface area contributed by atoms with E-state index in [9.17, 15) is 19.0 Å². The summed E-state index contributed by atoms with van der Waals surface area (Å²) in [5.74, 6) is -0.858. The van der Waals surface area contributed by atoms with Crippen molar-refractivity contribution in [3.05, 3.63) is 60.8 Å². The molecule has 56 heavy (non-hydrogen) atoms. The second kappa shape index (κ2) is 38.2. The van der Waals surface area contributed by atoms with E-state index in [1.807, 2.05) is 21.1 Å². The van der Waals surface area contributed by atoms with Gasteiger partial charge in [-0.15, -0.1) is 0 Å². The zero-order valence-electron chi connectivity index (χ0n) is 36.3. The fourth-order valence-electron chi connectivity index (χ4n) is 5.52. The fraction of sp³-hybridized carbons (Fsp3) is 0.739. The number of allylic oxidation sites excluding steroid dienone is 10. The molecular weight excluding hydrogens is 725 g/mol. The second-order valence-corrected chi connectivity index (χ2v) is 17.2. The van der Waals surface area contributed by atoms with E-state index in [1.54, 1.807) is 0 Å². The summed E-state index contributed by atoms with van der Waals surface area (Å²) in [6.45, 7) is 4.31. The van der Waals surface area contributed by atoms with Gasteiger partial charge in [-0.05, 0) is 83.5 Å². The van der Waals surface area contributed by atoms with Crippen LogP contribution in [0.25, 0.3) is 0 Å². The number of hydrogen-bond acceptors (Lipinski definition) is 7. The van der Waals surface area contributed by atoms with Gasteiger partial charge in [0.15, 0.2) is 6.10 Å². The van der Waals surface area contributed by atoms with Crippen LogP contribution in [0, 0.1) is 0 Å². The number of ether oxygens (including phenoxy) is 2. The van der Waals surface area contributed by atoms with Crippen molar-refractivity contribution in [3.63, 3.8) is 0 Å². The number of phosphoric acid groups is 1. The van der Waals surface area contributed by atoms with Crippen LogP contribution >= 0.6 is 7.82 Å². The van der Waals surface area contributed by atoms with Crippen molar-refractivity contribution in [3.8, 4) is 0 Å². The first-order chi connectivity index (χ1) is 27.0. The van der Waals surface area contributed by atoms with Gasteiger partial charge in [-0.2, -0.15) is 0 Å². The third-order valence-electron chi connectivity index (χ3n) is 9.02. The van der Waals surface area contributed by atoms with Crippen molar-refractivity contribution in [2.75, 3.05) is 47.5 Å². The standard InChI is InChI=1S/C46H82NO8P/c1-6-8-10-12-14-16-18-20-21-22-23-24-25-27-28-30-32-34-36-38-45(48)52-42-44(43-54-56(50,51)53-41-40-47(3,4)5)55-46(49)39-37-35-33-31-29-26-19-17-15-13-11-9-7-2/h14,16,20-21,23-24,26-29,44H,6-13,15,17-19,22,25,30-43H2,1-5H3/p+1/b16-14+,21-20+,24-23+,28-27+,29-26+/t44-/m0/s1. The van der Waals surface area contributed by atoms with E-state index in [4.69, 9.17) is 18.5 Å². The van der Waals surface area contributed by atoms with Crippen LogP contribution in [0.15, 0.2) is 60.8 Å². The van der Waals surface area contributed by atoms with Crippen LogP contribution in [0.4, 0.5) is 0 Å². The Bertz CT molecular complexity index is 1140. The Balaban J connectivity index is 4.44. The summed E-state index contributed by atoms with van der Waals surface area (Å²) in [6.07, 6.45) is 45.5. The summed E-state index contributed by atoms with van der Waals surface area (Å²) in [4.78, 5) is 35.3. The second-order valence-electron chi connectivity index (χ2n) is 15.7. The molecule has 0 spiro atoms. The topological polar surface area (TPSA) is 108 Å². The van der Waals surface area contributed by atoms with Gasteiger partial charge in [0.2, 0.25) is 0 Å². The van der Waals surface area contributed by atoms with Gasteiger partial charge < -0.3 is 18.9 Å². The predicted molar refractivity (Wildman–Crippen MR) is 233 cm³/mol. The van der Waals surface area contributed by atoms with E-state index >= 15 is 0 Å². The van der Waals surface area contributed by atoms with Crippen LogP contribution in [0.3, 0.4) is 0 Å². The van der Waals surface area contributed by atoms with E-state index in [1.165, 1.54) is 64.2 Å². The molecule has 0 aromatic carbocycles. The number of esters is 2. The Morgan fingerprint density at radius 2 is 0.964 bits per heavy atom. The SMILES string of the molecule is CCCCC/C=C/C/C=C/C/C=C/C/C=C/CCCCCC(=O)OC[C@@H](COP(=O)(O)OCC[N+](C)(C)C)OC(=O)CCCCC/C=C/CCCCCCCC. The summed E-state index contributed by atoms with van der Waals surface area (Å²) in [5.41, 5.74) is 0. The first-order valence-corrected chi connectivity index (χ1v) is 23.5. The van der Waals surface area contributed by atoms with E-state index in [2.05, 4.69) is 74.6 Å². The van der Waals surface area contributed by atoms with Crippen molar-refractivity contribution >= 4 is 19.8 Å². The smallest absolute Gasteiger partial charge is 0.462 e. The molecule has 0 rings (SSSR count). The maximum Gasteiger partial charge on any atom is 0.472 e. The van der Waals surface area contributed by atoms with Crippen LogP contribution < -0.4 is 0 Å². The summed E-state index contributed by atoms with van der Waals surface area (Å²) in [6, 6.07) is 0. The molecule has 0 bridgehead atoms. The van der Waals surface area contributed by atoms with E-state index in [0.29, 0.717) is 23.9 Å². The lowest BCUT2D eigenvalue weighted by Crippen LogP contribution is -2.37. The molecule has 1 unspecified atom stereocenters. The minimum Gasteiger partial charge on any atom is -0.462 e. The molecule has 0 radical (unpaired) electrons. The number of hydrogen-bond donors (Lipinski definition) is 1. The molecule has 10 heteroatoms. The molecule has 324 valence electrons. The van der Waals surface area contributed by atoms with Crippen LogP contribution in [-0.4, -0.2) is 74.9 Å². The molecule has 0 fully saturated rings. The highest BCUT2D eigenvalue weighted by Crippen LogP contribution is 2.43. The van der Waals surface area contributed by atoms with Gasteiger partial charge in [-0.25, -0.2) is 4.57 Å². The summed E-state index contributed by atoms with van der Waals surface area (Å²) in [7, 11) is 1.44. The molecule has 2 atom stereocenters. The molecule has 0 amide bonds. The average Bonchev–Trinajstić information content (AvgIpc) is 3.15. The number of phosphoric ester groups is 1. The highest BCUT2D eigenvalue weighted by atomic mass is 31.2. The molecule has 0 heterocycles. The fourth-order valence-corrected chi connectivity index (χ4v) is 6.26. The Morgan fingerprint density at radius 1 is 0.554 bits per heavy atom. The van der Waals surface area contributed by atoms with Gasteiger partial charge in [-0.3, -0.25) is 18.6 Å². The molecule has 0 saturated carbocycles. The van der Waals surface area contributed by atoms with Gasteiger partial charge in [0.25, 0.3) is 0 Å². The van der Waals surface area contributed by atoms with Crippen molar-refractivity contribution in [1.29, 1.82) is 0 Å². The Morgan fingerprint density at radius 3 is 1.48 bits per heavy atom. The van der Waals surface area contributed by atoms with Gasteiger partial charge in [0.1, 0.15) is 19.8 Å². The van der Waals surface area contributed by atoms with Crippen molar-refractivity contribution in [1.82, 2.24) is 0 Å². The minimum atomic E-state index is -4.39. The summed E-state index contributed by atoms with van der Waals surface area (Å²) < 4.78 is 34.2. The molecule has 0 aliphatic carbocycles. The van der Waals surface area contributed by atoms with Crippen LogP contribution in [-0.2, 0) is 32.7 Å². The largest absolute Gasteiger partial charge is 0.472 e. The number of carbonyl (C=O) groups excluding carboxylic acids is 2. The lowest BCUT2D eigenvalue weighted by atomic mass is 10.1. The zero-order chi connectivity index (χ0) is 41.4. The van der Waals surface area contributed by atoms with E-state index in [0.717, 1.165) is 64.2 Å². The molecule has 0 aromatic rings. The number of carbonyl (C=O) groups is 2. The third-order valence-corrected chi connectivity index (χ3v) is 10.0. The molecule has 0 aliphatic rings. The van der Waals surface area contributed by atoms with Crippen LogP contribution in [0.2, 0.25) is 0 Å². The maximum absolute atomic E-state index is 12.7. The predicted octanol–water partition coefficient (Wildman–Crippen LogP) is 12.5. The Kier molecular flexibility index (Phi) is 36.7. The molecular formula is C46H83NO8P+. The highest BCUT2D eigenvalue weighted by Gasteiger charge is 2.27. The van der Waals surface area contributed by atoms with E-state index < -0.39 is 32.5 Å². The van der Waals surface area contributed by atoms with Gasteiger partial charge >= 0.3 is 19.8 Å². The van der Waals surface area contributed by atoms with Crippen molar-refractivity contribution < 1.29 is 42.1 Å². The lowest BCUT2D eigenvalue weighted by molar-refractivity contribution is -0.870. The lowest BCUT2D eigenvalue weighted by Gasteiger charge is -2.24. The maximum atomic E-state index is 12.7. The molecule has 1 N–H and O–H groups in total. The number of likely N-dealkylation sites (N-methyl/N-ethyl adjacent to an activating group) is 1. The molecule has 0 saturated heterocycles.